The molecular weight excluding hydrogens is 96.9 g/mol. The first-order valence-electron chi connectivity index (χ1n) is 2.35. The van der Waals surface area contributed by atoms with Crippen molar-refractivity contribution in [2.75, 3.05) is 0 Å². The summed E-state index contributed by atoms with van der Waals surface area (Å²) in [4.78, 5) is 3.25. The second-order valence-corrected chi connectivity index (χ2v) is 0.760. The van der Waals surface area contributed by atoms with Gasteiger partial charge in [0.15, 0.2) is 0 Å². The van der Waals surface area contributed by atoms with Gasteiger partial charge in [-0.1, -0.05) is 0 Å². The molecule has 0 amide bonds. The van der Waals surface area contributed by atoms with Gasteiger partial charge in [0.25, 0.3) is 0 Å². The Balaban J connectivity index is 3.79. The SMILES string of the molecule is [2H]B=NC#CC#CC#C. The maximum absolute atomic E-state index is 6.40. The van der Waals surface area contributed by atoms with E-state index in [-0.39, 0.29) is 0 Å². The monoisotopic (exact) mass is 100 g/mol. The molecule has 0 aliphatic rings. The topological polar surface area (TPSA) is 12.4 Å². The van der Waals surface area contributed by atoms with Crippen molar-refractivity contribution >= 4 is 7.60 Å². The summed E-state index contributed by atoms with van der Waals surface area (Å²) in [5, 5.41) is 0. The Kier molecular flexibility index (Phi) is 3.26. The third-order valence-corrected chi connectivity index (χ3v) is 0.318. The number of hydrogen-bond acceptors (Lipinski definition) is 1. The van der Waals surface area contributed by atoms with Crippen LogP contribution in [0.4, 0.5) is 0 Å². The fourth-order valence-corrected chi connectivity index (χ4v) is 0.128. The van der Waals surface area contributed by atoms with E-state index in [1.807, 2.05) is 0 Å². The van der Waals surface area contributed by atoms with Crippen LogP contribution in [0.15, 0.2) is 4.90 Å². The number of rotatable bonds is 0. The van der Waals surface area contributed by atoms with E-state index in [9.17, 15) is 0 Å². The van der Waals surface area contributed by atoms with Crippen LogP contribution in [-0.4, -0.2) is 8.94 Å². The molecule has 0 aliphatic heterocycles. The van der Waals surface area contributed by atoms with Crippen molar-refractivity contribution in [2.45, 2.75) is 0 Å². The molecule has 34 valence electrons. The number of terminal acetylenes is 1. The van der Waals surface area contributed by atoms with Crippen LogP contribution < -0.4 is 0 Å². The Morgan fingerprint density at radius 2 is 2.38 bits per heavy atom. The van der Waals surface area contributed by atoms with Gasteiger partial charge in [-0.25, -0.2) is 0 Å². The second kappa shape index (κ2) is 5.54. The molecular formula is C6H2BN. The molecule has 0 aromatic carbocycles. The molecule has 0 fully saturated rings. The summed E-state index contributed by atoms with van der Waals surface area (Å²) < 4.78 is 6.40. The standard InChI is InChI=1S/C6H2BN/c1-2-3-4-5-6-8-7/h1,7H/i7D. The summed E-state index contributed by atoms with van der Waals surface area (Å²) in [5.74, 6) is 9.00. The molecule has 0 spiro atoms. The molecule has 0 saturated heterocycles. The molecule has 0 aromatic heterocycles. The average Bonchev–Trinajstić information content (AvgIpc) is 1.89. The summed E-state index contributed by atoms with van der Waals surface area (Å²) in [6.45, 7) is 0. The Labute approximate surface area is 51.0 Å². The molecule has 2 heteroatoms. The molecule has 0 aromatic rings. The van der Waals surface area contributed by atoms with Crippen LogP contribution in [0.25, 0.3) is 0 Å². The van der Waals surface area contributed by atoms with E-state index in [4.69, 9.17) is 7.76 Å². The van der Waals surface area contributed by atoms with Crippen LogP contribution in [0.5, 0.6) is 0 Å². The van der Waals surface area contributed by atoms with Gasteiger partial charge in [0.05, 0.1) is 0 Å². The van der Waals surface area contributed by atoms with Gasteiger partial charge < -0.3 is 0 Å². The average molecular weight is 99.9 g/mol. The third kappa shape index (κ3) is 4.54. The molecule has 0 aliphatic carbocycles. The molecule has 0 saturated carbocycles. The minimum absolute atomic E-state index is 0.838. The zero-order valence-electron chi connectivity index (χ0n) is 5.10. The van der Waals surface area contributed by atoms with Crippen molar-refractivity contribution in [1.29, 1.82) is 1.34 Å². The minimum atomic E-state index is 0.838. The number of hydrogen-bond donors (Lipinski definition) is 0. The first kappa shape index (κ1) is 4.70. The van der Waals surface area contributed by atoms with E-state index < -0.39 is 0 Å². The van der Waals surface area contributed by atoms with Crippen LogP contribution in [0, 0.1) is 36.1 Å². The van der Waals surface area contributed by atoms with Crippen LogP contribution in [0.2, 0.25) is 0 Å². The molecule has 1 nitrogen and oxygen atoms in total. The van der Waals surface area contributed by atoms with Crippen LogP contribution >= 0.6 is 0 Å². The van der Waals surface area contributed by atoms with Crippen LogP contribution in [0.1, 0.15) is 0 Å². The Bertz CT molecular complexity index is 253. The van der Waals surface area contributed by atoms with Gasteiger partial charge in [-0.15, -0.1) is 0 Å². The number of nitrogens with zero attached hydrogens (tertiary/aromatic N) is 1. The summed E-state index contributed by atoms with van der Waals surface area (Å²) in [7, 11) is 0.838. The van der Waals surface area contributed by atoms with Crippen LogP contribution in [-0.2, 0) is 0 Å². The van der Waals surface area contributed by atoms with Gasteiger partial charge in [0, 0.05) is 0 Å². The molecule has 0 N–H and O–H groups in total. The molecule has 0 atom stereocenters. The fraction of sp³-hybridized carbons (Fsp3) is 0. The first-order valence-corrected chi connectivity index (χ1v) is 1.77. The maximum atomic E-state index is 6.40. The zero-order valence-corrected chi connectivity index (χ0v) is 4.10. The van der Waals surface area contributed by atoms with Gasteiger partial charge in [-0.05, 0) is 0 Å². The van der Waals surface area contributed by atoms with Crippen molar-refractivity contribution in [3.63, 3.8) is 0 Å². The van der Waals surface area contributed by atoms with Gasteiger partial charge in [0.1, 0.15) is 0 Å². The van der Waals surface area contributed by atoms with E-state index in [1.54, 1.807) is 0 Å². The summed E-state index contributed by atoms with van der Waals surface area (Å²) in [6.07, 6.45) is 4.78. The molecule has 0 radical (unpaired) electrons. The Morgan fingerprint density at radius 3 is 3.00 bits per heavy atom. The molecule has 0 unspecified atom stereocenters. The van der Waals surface area contributed by atoms with Crippen LogP contribution in [0.3, 0.4) is 0 Å². The Hall–Kier alpha value is -1.46. The molecule has 8 heavy (non-hydrogen) atoms. The van der Waals surface area contributed by atoms with E-state index in [2.05, 4.69) is 34.6 Å². The van der Waals surface area contributed by atoms with Crippen molar-refractivity contribution in [2.24, 2.45) is 4.90 Å². The summed E-state index contributed by atoms with van der Waals surface area (Å²) in [6, 6.07) is 2.23. The normalized spacial score (nSPS) is 6.12. The predicted molar refractivity (Wildman–Crippen MR) is 34.0 cm³/mol. The van der Waals surface area contributed by atoms with Gasteiger partial charge in [0.2, 0.25) is 0 Å². The first-order chi connectivity index (χ1) is 4.41. The van der Waals surface area contributed by atoms with Gasteiger partial charge in [-0.2, -0.15) is 0 Å². The Morgan fingerprint density at radius 1 is 1.50 bits per heavy atom. The quantitative estimate of drug-likeness (QED) is 0.292. The fourth-order valence-electron chi connectivity index (χ4n) is 0.128. The van der Waals surface area contributed by atoms with E-state index >= 15 is 0 Å². The molecule has 0 bridgehead atoms. The van der Waals surface area contributed by atoms with E-state index in [1.165, 1.54) is 0 Å². The predicted octanol–water partition coefficient (Wildman–Crippen LogP) is -0.332. The summed E-state index contributed by atoms with van der Waals surface area (Å²) >= 11 is 0. The molecule has 0 heterocycles. The molecule has 0 rings (SSSR count). The van der Waals surface area contributed by atoms with E-state index in [0.29, 0.717) is 0 Å². The van der Waals surface area contributed by atoms with Gasteiger partial charge >= 0.3 is 50.0 Å². The third-order valence-electron chi connectivity index (χ3n) is 0.318. The van der Waals surface area contributed by atoms with Crippen molar-refractivity contribution in [3.8, 4) is 36.1 Å². The van der Waals surface area contributed by atoms with Crippen molar-refractivity contribution < 1.29 is 0 Å². The van der Waals surface area contributed by atoms with Crippen molar-refractivity contribution in [3.05, 3.63) is 0 Å². The van der Waals surface area contributed by atoms with Gasteiger partial charge in [-0.3, -0.25) is 0 Å². The van der Waals surface area contributed by atoms with Crippen molar-refractivity contribution in [1.82, 2.24) is 0 Å². The summed E-state index contributed by atoms with van der Waals surface area (Å²) in [5.41, 5.74) is 0. The zero-order chi connectivity index (χ0) is 6.95. The second-order valence-electron chi connectivity index (χ2n) is 0.760. The van der Waals surface area contributed by atoms with E-state index in [0.717, 1.165) is 7.60 Å².